The van der Waals surface area contributed by atoms with Crippen molar-refractivity contribution in [3.8, 4) is 0 Å². The van der Waals surface area contributed by atoms with Crippen LogP contribution in [0.25, 0.3) is 17.0 Å². The summed E-state index contributed by atoms with van der Waals surface area (Å²) in [7, 11) is 1.43. The van der Waals surface area contributed by atoms with Gasteiger partial charge in [-0.3, -0.25) is 24.0 Å². The number of amides is 1. The summed E-state index contributed by atoms with van der Waals surface area (Å²) in [6.45, 7) is -0.608. The van der Waals surface area contributed by atoms with E-state index in [0.29, 0.717) is 5.69 Å². The lowest BCUT2D eigenvalue weighted by Gasteiger charge is -2.24. The van der Waals surface area contributed by atoms with Gasteiger partial charge in [0.2, 0.25) is 0 Å². The molecular formula is C28H27N5O6. The molecule has 2 aromatic carbocycles. The van der Waals surface area contributed by atoms with Crippen LogP contribution in [0, 0.1) is 0 Å². The number of fused-ring (bicyclic) bond motifs is 1. The highest BCUT2D eigenvalue weighted by molar-refractivity contribution is 5.98. The van der Waals surface area contributed by atoms with Crippen LogP contribution in [0.4, 0.5) is 11.5 Å². The molecule has 39 heavy (non-hydrogen) atoms. The first kappa shape index (κ1) is 27.0. The third kappa shape index (κ3) is 6.65. The first-order valence-corrected chi connectivity index (χ1v) is 12.0. The minimum absolute atomic E-state index is 0.0594. The van der Waals surface area contributed by atoms with E-state index < -0.39 is 29.7 Å². The number of hydrogen-bond donors (Lipinski definition) is 2. The number of carbonyl (C=O) groups is 2. The van der Waals surface area contributed by atoms with E-state index in [2.05, 4.69) is 9.97 Å². The van der Waals surface area contributed by atoms with Crippen molar-refractivity contribution in [3.05, 3.63) is 105 Å². The summed E-state index contributed by atoms with van der Waals surface area (Å²) in [5, 5.41) is 0.961. The molecular weight excluding hydrogens is 502 g/mol. The van der Waals surface area contributed by atoms with Gasteiger partial charge in [0.25, 0.3) is 11.5 Å². The van der Waals surface area contributed by atoms with Crippen LogP contribution in [0.5, 0.6) is 0 Å². The number of rotatable bonds is 10. The Morgan fingerprint density at radius 1 is 1.05 bits per heavy atom. The van der Waals surface area contributed by atoms with Gasteiger partial charge < -0.3 is 15.2 Å². The number of methoxy groups -OCH3 is 1. The van der Waals surface area contributed by atoms with Gasteiger partial charge in [0.05, 0.1) is 24.4 Å². The fraction of sp³-hybridized carbons (Fsp3) is 0.179. The largest absolute Gasteiger partial charge is 0.452 e. The van der Waals surface area contributed by atoms with Gasteiger partial charge in [0, 0.05) is 25.1 Å². The smallest absolute Gasteiger partial charge is 0.331 e. The first-order chi connectivity index (χ1) is 18.9. The van der Waals surface area contributed by atoms with E-state index in [1.807, 2.05) is 36.4 Å². The lowest BCUT2D eigenvalue weighted by Crippen LogP contribution is -2.44. The van der Waals surface area contributed by atoms with Crippen LogP contribution in [0.2, 0.25) is 0 Å². The number of pyridine rings is 1. The van der Waals surface area contributed by atoms with Crippen molar-refractivity contribution in [1.29, 1.82) is 0 Å². The molecule has 0 aliphatic rings. The summed E-state index contributed by atoms with van der Waals surface area (Å²) in [5.74, 6) is -1.70. The van der Waals surface area contributed by atoms with E-state index in [0.717, 1.165) is 32.0 Å². The van der Waals surface area contributed by atoms with Gasteiger partial charge in [-0.1, -0.05) is 54.6 Å². The Kier molecular flexibility index (Phi) is 8.64. The zero-order chi connectivity index (χ0) is 27.8. The highest BCUT2D eigenvalue weighted by atomic mass is 16.5. The number of esters is 1. The number of aromatic nitrogens is 3. The minimum atomic E-state index is -0.847. The van der Waals surface area contributed by atoms with Crippen molar-refractivity contribution in [2.45, 2.75) is 6.54 Å². The quantitative estimate of drug-likeness (QED) is 0.234. The van der Waals surface area contributed by atoms with Gasteiger partial charge in [-0.15, -0.1) is 0 Å². The summed E-state index contributed by atoms with van der Waals surface area (Å²) in [6.07, 6.45) is 2.63. The average molecular weight is 530 g/mol. The molecule has 0 saturated carbocycles. The Bertz CT molecular complexity index is 1630. The zero-order valence-corrected chi connectivity index (χ0v) is 21.2. The Hall–Kier alpha value is -5.03. The molecule has 11 heteroatoms. The maximum absolute atomic E-state index is 13.1. The third-order valence-corrected chi connectivity index (χ3v) is 5.84. The molecule has 0 aliphatic carbocycles. The van der Waals surface area contributed by atoms with Gasteiger partial charge in [-0.2, -0.15) is 0 Å². The lowest BCUT2D eigenvalue weighted by atomic mass is 10.2. The number of anilines is 2. The number of carbonyl (C=O) groups excluding carboxylic acids is 2. The monoisotopic (exact) mass is 529 g/mol. The lowest BCUT2D eigenvalue weighted by molar-refractivity contribution is -0.142. The number of nitrogen functional groups attached to an aromatic ring is 1. The van der Waals surface area contributed by atoms with E-state index >= 15 is 0 Å². The Morgan fingerprint density at radius 3 is 2.56 bits per heavy atom. The number of nitrogens with two attached hydrogens (primary N) is 1. The second-order valence-corrected chi connectivity index (χ2v) is 8.47. The van der Waals surface area contributed by atoms with Gasteiger partial charge in [-0.25, -0.2) is 14.6 Å². The van der Waals surface area contributed by atoms with Crippen molar-refractivity contribution in [3.63, 3.8) is 0 Å². The number of aromatic amines is 1. The maximum Gasteiger partial charge on any atom is 0.331 e. The van der Waals surface area contributed by atoms with Crippen LogP contribution in [0.15, 0.2) is 82.4 Å². The summed E-state index contributed by atoms with van der Waals surface area (Å²) in [4.78, 5) is 58.4. The molecule has 2 heterocycles. The molecule has 200 valence electrons. The summed E-state index contributed by atoms with van der Waals surface area (Å²) in [6, 6.07) is 20.2. The second kappa shape index (κ2) is 12.5. The summed E-state index contributed by atoms with van der Waals surface area (Å²) < 4.78 is 11.4. The number of hydrogen-bond acceptors (Lipinski definition) is 8. The van der Waals surface area contributed by atoms with Gasteiger partial charge in [0.15, 0.2) is 12.3 Å². The molecule has 0 atom stereocenters. The Labute approximate surface area is 223 Å². The topological polar surface area (TPSA) is 150 Å². The van der Waals surface area contributed by atoms with Crippen molar-refractivity contribution in [1.82, 2.24) is 14.5 Å². The number of nitrogens with zero attached hydrogens (tertiary/aromatic N) is 3. The molecule has 4 rings (SSSR count). The predicted molar refractivity (Wildman–Crippen MR) is 147 cm³/mol. The minimum Gasteiger partial charge on any atom is -0.452 e. The second-order valence-electron chi connectivity index (χ2n) is 8.47. The van der Waals surface area contributed by atoms with Crippen LogP contribution >= 0.6 is 0 Å². The molecule has 0 spiro atoms. The molecule has 0 saturated heterocycles. The predicted octanol–water partition coefficient (Wildman–Crippen LogP) is 1.95. The molecule has 0 fully saturated rings. The molecule has 11 nitrogen and oxygen atoms in total. The van der Waals surface area contributed by atoms with E-state index in [1.54, 1.807) is 30.3 Å². The van der Waals surface area contributed by atoms with Crippen LogP contribution in [0.1, 0.15) is 11.3 Å². The van der Waals surface area contributed by atoms with Crippen molar-refractivity contribution in [2.75, 3.05) is 37.5 Å². The molecule has 0 bridgehead atoms. The standard InChI is InChI=1S/C28H27N5O6/c1-38-16-15-32(25-26(29)33(28(37)31-27(25)36)17-19-7-3-2-4-8-19)23(34)18-39-24(35)14-13-21-12-11-20-9-5-6-10-22(20)30-21/h2-14H,15-18,29H2,1H3,(H,31,36,37)/b14-13-. The maximum atomic E-state index is 13.1. The van der Waals surface area contributed by atoms with E-state index in [-0.39, 0.29) is 31.2 Å². The Morgan fingerprint density at radius 2 is 1.79 bits per heavy atom. The van der Waals surface area contributed by atoms with Crippen molar-refractivity contribution in [2.24, 2.45) is 0 Å². The van der Waals surface area contributed by atoms with E-state index in [1.165, 1.54) is 13.2 Å². The average Bonchev–Trinajstić information content (AvgIpc) is 2.95. The number of para-hydroxylation sites is 1. The highest BCUT2D eigenvalue weighted by Crippen LogP contribution is 2.18. The van der Waals surface area contributed by atoms with Crippen molar-refractivity contribution < 1.29 is 19.1 Å². The summed E-state index contributed by atoms with van der Waals surface area (Å²) >= 11 is 0. The summed E-state index contributed by atoms with van der Waals surface area (Å²) in [5.41, 5.74) is 6.51. The molecule has 1 amide bonds. The van der Waals surface area contributed by atoms with Crippen molar-refractivity contribution >= 4 is 40.4 Å². The number of ether oxygens (including phenoxy) is 2. The van der Waals surface area contributed by atoms with Crippen LogP contribution < -0.4 is 21.9 Å². The SMILES string of the molecule is COCCN(C(=O)COC(=O)/C=C\c1ccc2ccccc2n1)c1c(N)n(Cc2ccccc2)c(=O)[nH]c1=O. The van der Waals surface area contributed by atoms with Crippen LogP contribution in [-0.2, 0) is 25.6 Å². The number of nitrogens with one attached hydrogen (secondary N) is 1. The fourth-order valence-corrected chi connectivity index (χ4v) is 3.89. The van der Waals surface area contributed by atoms with Crippen LogP contribution in [-0.4, -0.2) is 53.3 Å². The van der Waals surface area contributed by atoms with Crippen LogP contribution in [0.3, 0.4) is 0 Å². The fourth-order valence-electron chi connectivity index (χ4n) is 3.89. The molecule has 0 radical (unpaired) electrons. The van der Waals surface area contributed by atoms with Gasteiger partial charge in [-0.05, 0) is 23.8 Å². The third-order valence-electron chi connectivity index (χ3n) is 5.84. The number of H-pyrrole nitrogens is 1. The molecule has 0 aliphatic heterocycles. The van der Waals surface area contributed by atoms with Gasteiger partial charge in [0.1, 0.15) is 5.82 Å². The molecule has 0 unspecified atom stereocenters. The molecule has 2 aromatic heterocycles. The zero-order valence-electron chi connectivity index (χ0n) is 21.2. The highest BCUT2D eigenvalue weighted by Gasteiger charge is 2.25. The van der Waals surface area contributed by atoms with E-state index in [9.17, 15) is 19.2 Å². The first-order valence-electron chi connectivity index (χ1n) is 12.0. The van der Waals surface area contributed by atoms with E-state index in [4.69, 9.17) is 15.2 Å². The normalized spacial score (nSPS) is 11.1. The van der Waals surface area contributed by atoms with Gasteiger partial charge >= 0.3 is 11.7 Å². The molecule has 4 aromatic rings. The Balaban J connectivity index is 1.51. The number of benzene rings is 2. The molecule has 3 N–H and O–H groups in total.